The first kappa shape index (κ1) is 27.6. The van der Waals surface area contributed by atoms with Crippen LogP contribution in [0.3, 0.4) is 0 Å². The topological polar surface area (TPSA) is 20.2 Å². The third-order valence-corrected chi connectivity index (χ3v) is 5.72. The highest BCUT2D eigenvalue weighted by Gasteiger charge is 2.18. The van der Waals surface area contributed by atoms with Gasteiger partial charge in [-0.3, -0.25) is 0 Å². The Morgan fingerprint density at radius 2 is 1.25 bits per heavy atom. The van der Waals surface area contributed by atoms with E-state index in [0.29, 0.717) is 0 Å². The summed E-state index contributed by atoms with van der Waals surface area (Å²) in [6.45, 7) is 6.36. The van der Waals surface area contributed by atoms with E-state index in [4.69, 9.17) is 0 Å². The third kappa shape index (κ3) is 13.0. The van der Waals surface area contributed by atoms with E-state index >= 15 is 0 Å². The summed E-state index contributed by atoms with van der Waals surface area (Å²) in [6, 6.07) is 8.34. The van der Waals surface area contributed by atoms with Gasteiger partial charge in [0.1, 0.15) is 6.54 Å². The minimum atomic E-state index is -0.382. The minimum absolute atomic E-state index is 0. The minimum Gasteiger partial charge on any atom is -1.00 e. The van der Waals surface area contributed by atoms with E-state index in [-0.39, 0.29) is 23.1 Å². The van der Waals surface area contributed by atoms with E-state index < -0.39 is 0 Å². The molecule has 1 atom stereocenters. The van der Waals surface area contributed by atoms with E-state index in [9.17, 15) is 5.11 Å². The van der Waals surface area contributed by atoms with Crippen LogP contribution in [0.2, 0.25) is 0 Å². The zero-order chi connectivity index (χ0) is 20.0. The molecule has 0 bridgehead atoms. The van der Waals surface area contributed by atoms with Crippen LogP contribution in [-0.2, 0) is 6.54 Å². The maximum absolute atomic E-state index is 9.98. The van der Waals surface area contributed by atoms with Gasteiger partial charge in [0.15, 0.2) is 0 Å². The lowest BCUT2D eigenvalue weighted by molar-refractivity contribution is -0.903. The second-order valence-corrected chi connectivity index (χ2v) is 9.08. The van der Waals surface area contributed by atoms with Crippen molar-refractivity contribution in [1.82, 2.24) is 0 Å². The number of hydrogen-bond donors (Lipinski definition) is 1. The summed E-state index contributed by atoms with van der Waals surface area (Å²) in [6.07, 6.45) is 16.5. The Kier molecular flexibility index (Phi) is 16.2. The first-order valence-electron chi connectivity index (χ1n) is 11.5. The summed E-state index contributed by atoms with van der Waals surface area (Å²) >= 11 is 0. The zero-order valence-corrected chi connectivity index (χ0v) is 20.6. The Morgan fingerprint density at radius 3 is 1.75 bits per heavy atom. The van der Waals surface area contributed by atoms with Gasteiger partial charge in [0.25, 0.3) is 0 Å². The second-order valence-electron chi connectivity index (χ2n) is 9.08. The molecule has 3 heteroatoms. The van der Waals surface area contributed by atoms with Gasteiger partial charge in [-0.1, -0.05) is 95.4 Å². The van der Waals surface area contributed by atoms with Crippen LogP contribution in [0.25, 0.3) is 0 Å². The van der Waals surface area contributed by atoms with Gasteiger partial charge < -0.3 is 26.6 Å². The summed E-state index contributed by atoms with van der Waals surface area (Å²) in [7, 11) is 4.63. The Labute approximate surface area is 186 Å². The van der Waals surface area contributed by atoms with E-state index in [1.54, 1.807) is 0 Å². The molecule has 1 N–H and O–H groups in total. The highest BCUT2D eigenvalue weighted by Crippen LogP contribution is 2.21. The van der Waals surface area contributed by atoms with Crippen LogP contribution < -0.4 is 17.0 Å². The Morgan fingerprint density at radius 1 is 0.786 bits per heavy atom. The SMILES string of the molecule is CCCCCCCCCCCCCC[N+](C)(C)Cc1ccccc1C(C)O.[Br-]. The van der Waals surface area contributed by atoms with Gasteiger partial charge in [0, 0.05) is 5.56 Å². The number of quaternary nitrogens is 1. The predicted molar refractivity (Wildman–Crippen MR) is 119 cm³/mol. The molecule has 0 saturated heterocycles. The molecule has 0 amide bonds. The van der Waals surface area contributed by atoms with Gasteiger partial charge in [-0.15, -0.1) is 0 Å². The molecule has 0 heterocycles. The predicted octanol–water partition coefficient (Wildman–Crippen LogP) is 4.02. The average molecular weight is 457 g/mol. The van der Waals surface area contributed by atoms with Crippen molar-refractivity contribution >= 4 is 0 Å². The van der Waals surface area contributed by atoms with Crippen molar-refractivity contribution in [3.05, 3.63) is 35.4 Å². The van der Waals surface area contributed by atoms with E-state index in [1.807, 2.05) is 13.0 Å². The summed E-state index contributed by atoms with van der Waals surface area (Å²) in [5.41, 5.74) is 2.37. The number of halogens is 1. The van der Waals surface area contributed by atoms with Crippen LogP contribution in [0.4, 0.5) is 0 Å². The summed E-state index contributed by atoms with van der Waals surface area (Å²) < 4.78 is 1.00. The lowest BCUT2D eigenvalue weighted by Crippen LogP contribution is -3.00. The Balaban J connectivity index is 0.00000729. The normalized spacial score (nSPS) is 12.6. The number of unbranched alkanes of at least 4 members (excludes halogenated alkanes) is 11. The molecule has 2 nitrogen and oxygen atoms in total. The van der Waals surface area contributed by atoms with Crippen molar-refractivity contribution in [2.45, 2.75) is 104 Å². The van der Waals surface area contributed by atoms with E-state index in [2.05, 4.69) is 39.2 Å². The first-order chi connectivity index (χ1) is 13.0. The molecule has 1 unspecified atom stereocenters. The standard InChI is InChI=1S/C25H46NO.BrH/c1-5-6-7-8-9-10-11-12-13-14-15-18-21-26(3,4)22-24-19-16-17-20-25(24)23(2)27;/h16-17,19-20,23,27H,5-15,18,21-22H2,1-4H3;1H/q+1;/p-1. The fourth-order valence-electron chi connectivity index (χ4n) is 4.01. The molecule has 0 saturated carbocycles. The molecular weight excluding hydrogens is 410 g/mol. The zero-order valence-electron chi connectivity index (χ0n) is 19.1. The molecule has 1 aromatic carbocycles. The lowest BCUT2D eigenvalue weighted by atomic mass is 10.0. The van der Waals surface area contributed by atoms with Gasteiger partial charge in [0.2, 0.25) is 0 Å². The largest absolute Gasteiger partial charge is 1.00 e. The van der Waals surface area contributed by atoms with Crippen LogP contribution in [0.1, 0.15) is 108 Å². The maximum atomic E-state index is 9.98. The summed E-state index contributed by atoms with van der Waals surface area (Å²) in [4.78, 5) is 0. The van der Waals surface area contributed by atoms with Crippen LogP contribution in [0.15, 0.2) is 24.3 Å². The van der Waals surface area contributed by atoms with Crippen LogP contribution in [0, 0.1) is 0 Å². The summed E-state index contributed by atoms with van der Waals surface area (Å²) in [5, 5.41) is 9.98. The molecule has 0 spiro atoms. The molecular formula is C25H46BrNO. The Bertz CT molecular complexity index is 487. The Hall–Kier alpha value is -0.380. The molecule has 0 aliphatic rings. The fraction of sp³-hybridized carbons (Fsp3) is 0.760. The van der Waals surface area contributed by atoms with Crippen molar-refractivity contribution in [1.29, 1.82) is 0 Å². The molecule has 0 aliphatic heterocycles. The van der Waals surface area contributed by atoms with Crippen molar-refractivity contribution in [2.75, 3.05) is 20.6 Å². The van der Waals surface area contributed by atoms with Gasteiger partial charge in [-0.2, -0.15) is 0 Å². The maximum Gasteiger partial charge on any atom is 0.104 e. The number of hydrogen-bond acceptors (Lipinski definition) is 1. The lowest BCUT2D eigenvalue weighted by Gasteiger charge is -2.31. The molecule has 0 radical (unpaired) electrons. The molecule has 0 aromatic heterocycles. The number of aliphatic hydroxyl groups is 1. The number of nitrogens with zero attached hydrogens (tertiary/aromatic N) is 1. The fourth-order valence-corrected chi connectivity index (χ4v) is 4.01. The van der Waals surface area contributed by atoms with Crippen LogP contribution in [-0.4, -0.2) is 30.2 Å². The van der Waals surface area contributed by atoms with Gasteiger partial charge >= 0.3 is 0 Å². The molecule has 0 aliphatic carbocycles. The van der Waals surface area contributed by atoms with Crippen molar-refractivity contribution in [3.63, 3.8) is 0 Å². The van der Waals surface area contributed by atoms with Crippen LogP contribution >= 0.6 is 0 Å². The monoisotopic (exact) mass is 455 g/mol. The number of rotatable bonds is 16. The smallest absolute Gasteiger partial charge is 0.104 e. The van der Waals surface area contributed by atoms with Crippen molar-refractivity contribution in [3.8, 4) is 0 Å². The van der Waals surface area contributed by atoms with E-state index in [1.165, 1.54) is 89.2 Å². The average Bonchev–Trinajstić information content (AvgIpc) is 2.62. The molecule has 1 rings (SSSR count). The third-order valence-electron chi connectivity index (χ3n) is 5.72. The number of benzene rings is 1. The molecule has 164 valence electrons. The highest BCUT2D eigenvalue weighted by atomic mass is 79.9. The first-order valence-corrected chi connectivity index (χ1v) is 11.5. The van der Waals surface area contributed by atoms with Crippen LogP contribution in [0.5, 0.6) is 0 Å². The van der Waals surface area contributed by atoms with Gasteiger partial charge in [-0.05, 0) is 25.3 Å². The van der Waals surface area contributed by atoms with Crippen molar-refractivity contribution in [2.24, 2.45) is 0 Å². The van der Waals surface area contributed by atoms with Gasteiger partial charge in [-0.25, -0.2) is 0 Å². The quantitative estimate of drug-likeness (QED) is 0.294. The summed E-state index contributed by atoms with van der Waals surface area (Å²) in [5.74, 6) is 0. The van der Waals surface area contributed by atoms with Gasteiger partial charge in [0.05, 0.1) is 26.7 Å². The number of aliphatic hydroxyl groups excluding tert-OH is 1. The molecule has 0 fully saturated rings. The van der Waals surface area contributed by atoms with E-state index in [0.717, 1.165) is 16.6 Å². The molecule has 28 heavy (non-hydrogen) atoms. The second kappa shape index (κ2) is 16.4. The van der Waals surface area contributed by atoms with Crippen molar-refractivity contribution < 1.29 is 26.6 Å². The highest BCUT2D eigenvalue weighted by molar-refractivity contribution is 5.28. The molecule has 1 aromatic rings.